The molecule has 6 rings (SSSR count). The molecule has 0 spiro atoms. The Morgan fingerprint density at radius 2 is 1.48 bits per heavy atom. The number of fused-ring (bicyclic) bond motifs is 6. The number of hydrazine groups is 1. The number of hydrogen-bond acceptors (Lipinski definition) is 4. The molecule has 0 saturated carbocycles. The molecule has 1 fully saturated rings. The first-order valence-electron chi connectivity index (χ1n) is 10.8. The first kappa shape index (κ1) is 19.8. The summed E-state index contributed by atoms with van der Waals surface area (Å²) in [6.07, 6.45) is 4.38. The van der Waals surface area contributed by atoms with Crippen LogP contribution in [-0.2, 0) is 0 Å². The molecule has 5 nitrogen and oxygen atoms in total. The molecule has 31 heavy (non-hydrogen) atoms. The molecular formula is C25H26N5S+. The van der Waals surface area contributed by atoms with Crippen LogP contribution in [0.15, 0.2) is 101 Å². The minimum atomic E-state index is 0.0420. The summed E-state index contributed by atoms with van der Waals surface area (Å²) >= 11 is 1.76. The normalized spacial score (nSPS) is 24.3. The van der Waals surface area contributed by atoms with E-state index in [-0.39, 0.29) is 11.5 Å². The van der Waals surface area contributed by atoms with Crippen LogP contribution in [0.5, 0.6) is 0 Å². The number of hydrogen-bond donors (Lipinski definition) is 1. The van der Waals surface area contributed by atoms with Gasteiger partial charge in [-0.25, -0.2) is 4.99 Å². The average Bonchev–Trinajstić information content (AvgIpc) is 2.96. The molecule has 2 bridgehead atoms. The van der Waals surface area contributed by atoms with Crippen molar-refractivity contribution < 1.29 is 4.81 Å². The minimum absolute atomic E-state index is 0.0420. The molecule has 2 atom stereocenters. The number of aliphatic imine (C=N–C) groups is 1. The third-order valence-corrected chi connectivity index (χ3v) is 6.57. The standard InChI is InChI=1S/C25H26N5S/c1-4-12-20(13-5-1)26-25-29(21-14-6-2-7-15-21)23-18-10-11-19-24(31-25)28-30(27-23)22-16-8-3-9-17-22/h1-9,12-17,23-24H,10-11,18-19H2,(H,27,28)/q+1/t23-,24+/m0/s1. The largest absolute Gasteiger partial charge is 0.295 e. The van der Waals surface area contributed by atoms with E-state index in [0.717, 1.165) is 47.9 Å². The second-order valence-electron chi connectivity index (χ2n) is 7.70. The van der Waals surface area contributed by atoms with Crippen LogP contribution in [0.4, 0.5) is 17.1 Å². The fraction of sp³-hybridized carbons (Fsp3) is 0.240. The fourth-order valence-electron chi connectivity index (χ4n) is 3.95. The van der Waals surface area contributed by atoms with Crippen LogP contribution in [0.2, 0.25) is 0 Å². The highest BCUT2D eigenvalue weighted by atomic mass is 32.2. The summed E-state index contributed by atoms with van der Waals surface area (Å²) in [6.45, 7) is 0. The Bertz CT molecular complexity index is 1050. The van der Waals surface area contributed by atoms with Gasteiger partial charge < -0.3 is 0 Å². The summed E-state index contributed by atoms with van der Waals surface area (Å²) in [5, 5.41) is 6.15. The quantitative estimate of drug-likeness (QED) is 0.487. The van der Waals surface area contributed by atoms with E-state index in [1.54, 1.807) is 11.8 Å². The Labute approximate surface area is 187 Å². The van der Waals surface area contributed by atoms with Gasteiger partial charge >= 0.3 is 0 Å². The molecule has 0 unspecified atom stereocenters. The smallest absolute Gasteiger partial charge is 0.265 e. The highest BCUT2D eigenvalue weighted by molar-refractivity contribution is 8.14. The lowest BCUT2D eigenvalue weighted by molar-refractivity contribution is -0.582. The first-order valence-corrected chi connectivity index (χ1v) is 11.7. The maximum atomic E-state index is 5.09. The van der Waals surface area contributed by atoms with Crippen molar-refractivity contribution in [1.29, 1.82) is 0 Å². The zero-order valence-corrected chi connectivity index (χ0v) is 18.2. The number of amidine groups is 1. The van der Waals surface area contributed by atoms with Gasteiger partial charge in [0.05, 0.1) is 5.69 Å². The molecule has 0 aromatic heterocycles. The fourth-order valence-corrected chi connectivity index (χ4v) is 5.12. The molecule has 3 aromatic rings. The third-order valence-electron chi connectivity index (χ3n) is 5.47. The van der Waals surface area contributed by atoms with E-state index in [2.05, 4.69) is 77.1 Å². The zero-order chi connectivity index (χ0) is 20.9. The number of thioether (sulfide) groups is 1. The van der Waals surface area contributed by atoms with Gasteiger partial charge in [-0.3, -0.25) is 4.90 Å². The highest BCUT2D eigenvalue weighted by Gasteiger charge is 2.35. The Hall–Kier alpha value is -3.12. The first-order chi connectivity index (χ1) is 15.4. The summed E-state index contributed by atoms with van der Waals surface area (Å²) in [5.74, 6) is 0. The van der Waals surface area contributed by atoms with Gasteiger partial charge in [0.2, 0.25) is 0 Å². The van der Waals surface area contributed by atoms with Crippen LogP contribution < -0.4 is 10.3 Å². The lowest BCUT2D eigenvalue weighted by Gasteiger charge is -2.33. The molecule has 3 heterocycles. The second kappa shape index (κ2) is 9.35. The SMILES string of the molecule is c1ccc(N=C2S[C@@H]3CCCC[C@@H](N/[N+](c4ccccc4)=N\3)N2c2ccccc2)cc1. The Balaban J connectivity index is 1.64. The number of anilines is 1. The van der Waals surface area contributed by atoms with Crippen molar-refractivity contribution in [3.05, 3.63) is 91.0 Å². The minimum Gasteiger partial charge on any atom is -0.295 e. The predicted molar refractivity (Wildman–Crippen MR) is 128 cm³/mol. The monoisotopic (exact) mass is 428 g/mol. The topological polar surface area (TPSA) is 43.0 Å². The molecule has 3 aromatic carbocycles. The number of benzene rings is 3. The molecular weight excluding hydrogens is 402 g/mol. The maximum absolute atomic E-state index is 5.09. The van der Waals surface area contributed by atoms with E-state index < -0.39 is 0 Å². The Morgan fingerprint density at radius 3 is 2.23 bits per heavy atom. The highest BCUT2D eigenvalue weighted by Crippen LogP contribution is 2.34. The number of rotatable bonds is 3. The molecule has 6 heteroatoms. The molecule has 0 radical (unpaired) electrons. The molecule has 3 aliphatic rings. The van der Waals surface area contributed by atoms with Gasteiger partial charge in [-0.2, -0.15) is 0 Å². The zero-order valence-electron chi connectivity index (χ0n) is 17.3. The van der Waals surface area contributed by atoms with Gasteiger partial charge in [-0.15, -0.1) is 5.43 Å². The average molecular weight is 429 g/mol. The number of nitrogens with zero attached hydrogens (tertiary/aromatic N) is 4. The van der Waals surface area contributed by atoms with Crippen molar-refractivity contribution >= 4 is 34.0 Å². The molecule has 0 amide bonds. The van der Waals surface area contributed by atoms with Gasteiger partial charge in [-0.05, 0) is 43.5 Å². The second-order valence-corrected chi connectivity index (χ2v) is 8.85. The molecule has 3 aliphatic heterocycles. The summed E-state index contributed by atoms with van der Waals surface area (Å²) in [5.41, 5.74) is 6.86. The van der Waals surface area contributed by atoms with Crippen LogP contribution in [0.1, 0.15) is 25.7 Å². The van der Waals surface area contributed by atoms with Crippen LogP contribution in [0, 0.1) is 0 Å². The van der Waals surface area contributed by atoms with E-state index in [0.29, 0.717) is 0 Å². The van der Waals surface area contributed by atoms with Gasteiger partial charge in [0.1, 0.15) is 0 Å². The third kappa shape index (κ3) is 4.64. The van der Waals surface area contributed by atoms with Crippen LogP contribution in [0.25, 0.3) is 0 Å². The van der Waals surface area contributed by atoms with Crippen LogP contribution >= 0.6 is 11.8 Å². The summed E-state index contributed by atoms with van der Waals surface area (Å²) in [7, 11) is 0. The van der Waals surface area contributed by atoms with Crippen molar-refractivity contribution in [1.82, 2.24) is 5.43 Å². The van der Waals surface area contributed by atoms with Crippen LogP contribution in [0.3, 0.4) is 0 Å². The summed E-state index contributed by atoms with van der Waals surface area (Å²) in [4.78, 5) is 9.41. The van der Waals surface area contributed by atoms with E-state index in [9.17, 15) is 0 Å². The number of para-hydroxylation sites is 3. The van der Waals surface area contributed by atoms with Gasteiger partial charge in [0.15, 0.2) is 16.7 Å². The van der Waals surface area contributed by atoms with Crippen molar-refractivity contribution in [2.24, 2.45) is 10.1 Å². The van der Waals surface area contributed by atoms with E-state index in [1.807, 2.05) is 29.1 Å². The molecule has 1 N–H and O–H groups in total. The number of azo groups is 1. The van der Waals surface area contributed by atoms with Gasteiger partial charge in [-0.1, -0.05) is 72.8 Å². The molecule has 156 valence electrons. The van der Waals surface area contributed by atoms with E-state index in [4.69, 9.17) is 10.1 Å². The van der Waals surface area contributed by atoms with Crippen molar-refractivity contribution in [3.63, 3.8) is 0 Å². The van der Waals surface area contributed by atoms with Gasteiger partial charge in [0, 0.05) is 27.7 Å². The summed E-state index contributed by atoms with van der Waals surface area (Å²) < 4.78 is 0. The lowest BCUT2D eigenvalue weighted by Crippen LogP contribution is -2.52. The molecule has 1 saturated heterocycles. The molecule has 0 aliphatic carbocycles. The Kier molecular flexibility index (Phi) is 5.98. The number of nitrogens with one attached hydrogen (secondary N) is 1. The summed E-state index contributed by atoms with van der Waals surface area (Å²) in [6, 6.07) is 31.1. The van der Waals surface area contributed by atoms with Crippen molar-refractivity contribution in [3.8, 4) is 0 Å². The van der Waals surface area contributed by atoms with E-state index >= 15 is 0 Å². The van der Waals surface area contributed by atoms with Crippen molar-refractivity contribution in [2.75, 3.05) is 4.90 Å². The van der Waals surface area contributed by atoms with Crippen LogP contribution in [-0.4, -0.2) is 21.5 Å². The van der Waals surface area contributed by atoms with Crippen molar-refractivity contribution in [2.45, 2.75) is 37.2 Å². The Morgan fingerprint density at radius 1 is 0.839 bits per heavy atom. The maximum Gasteiger partial charge on any atom is 0.265 e. The van der Waals surface area contributed by atoms with E-state index in [1.165, 1.54) is 0 Å². The lowest BCUT2D eigenvalue weighted by atomic mass is 10.1. The van der Waals surface area contributed by atoms with Gasteiger partial charge in [0.25, 0.3) is 5.69 Å². The predicted octanol–water partition coefficient (Wildman–Crippen LogP) is 6.45.